The predicted octanol–water partition coefficient (Wildman–Crippen LogP) is 3.60. The van der Waals surface area contributed by atoms with Crippen LogP contribution in [-0.2, 0) is 0 Å². The lowest BCUT2D eigenvalue weighted by molar-refractivity contribution is 0.0984. The van der Waals surface area contributed by atoms with E-state index in [-0.39, 0.29) is 16.9 Å². The van der Waals surface area contributed by atoms with Crippen molar-refractivity contribution < 1.29 is 9.18 Å². The van der Waals surface area contributed by atoms with Crippen LogP contribution in [-0.4, -0.2) is 16.8 Å². The molecule has 3 heteroatoms. The quantitative estimate of drug-likeness (QED) is 0.732. The zero-order valence-corrected chi connectivity index (χ0v) is 10.1. The van der Waals surface area contributed by atoms with Crippen LogP contribution < -0.4 is 0 Å². The minimum Gasteiger partial charge on any atom is -0.293 e. The van der Waals surface area contributed by atoms with E-state index in [1.165, 1.54) is 18.6 Å². The number of aryl methyl sites for hydroxylation is 1. The fourth-order valence-corrected chi connectivity index (χ4v) is 3.29. The maximum Gasteiger partial charge on any atom is 0.176 e. The molecule has 1 fully saturated rings. The average Bonchev–Trinajstić information content (AvgIpc) is 2.29. The van der Waals surface area contributed by atoms with Crippen molar-refractivity contribution >= 4 is 17.5 Å². The van der Waals surface area contributed by atoms with Crippen LogP contribution in [0.4, 0.5) is 4.39 Å². The fourth-order valence-electron chi connectivity index (χ4n) is 2.02. The van der Waals surface area contributed by atoms with E-state index in [4.69, 9.17) is 0 Å². The van der Waals surface area contributed by atoms with Gasteiger partial charge in [0.1, 0.15) is 5.82 Å². The largest absolute Gasteiger partial charge is 0.293 e. The van der Waals surface area contributed by atoms with Crippen LogP contribution in [0.2, 0.25) is 0 Å². The Labute approximate surface area is 99.4 Å². The lowest BCUT2D eigenvalue weighted by atomic mass is 9.99. The molecular formula is C13H15FOS. The molecule has 1 aliphatic heterocycles. The van der Waals surface area contributed by atoms with Gasteiger partial charge in [0.2, 0.25) is 0 Å². The first-order valence-electron chi connectivity index (χ1n) is 5.60. The van der Waals surface area contributed by atoms with Gasteiger partial charge in [0.15, 0.2) is 5.78 Å². The molecule has 16 heavy (non-hydrogen) atoms. The van der Waals surface area contributed by atoms with E-state index in [0.29, 0.717) is 5.56 Å². The summed E-state index contributed by atoms with van der Waals surface area (Å²) in [6.45, 7) is 1.80. The Morgan fingerprint density at radius 1 is 1.44 bits per heavy atom. The monoisotopic (exact) mass is 238 g/mol. The van der Waals surface area contributed by atoms with Crippen molar-refractivity contribution in [3.05, 3.63) is 35.1 Å². The smallest absolute Gasteiger partial charge is 0.176 e. The molecule has 1 atom stereocenters. The summed E-state index contributed by atoms with van der Waals surface area (Å²) in [5.41, 5.74) is 1.43. The zero-order chi connectivity index (χ0) is 11.5. The third-order valence-electron chi connectivity index (χ3n) is 2.93. The first-order chi connectivity index (χ1) is 7.68. The van der Waals surface area contributed by atoms with E-state index in [1.54, 1.807) is 24.8 Å². The van der Waals surface area contributed by atoms with Crippen molar-refractivity contribution in [1.29, 1.82) is 0 Å². The molecule has 0 amide bonds. The number of benzene rings is 1. The summed E-state index contributed by atoms with van der Waals surface area (Å²) in [5.74, 6) is 0.962. The Kier molecular flexibility index (Phi) is 3.64. The third kappa shape index (κ3) is 2.46. The molecule has 1 unspecified atom stereocenters. The minimum atomic E-state index is -0.273. The van der Waals surface area contributed by atoms with Gasteiger partial charge in [0.25, 0.3) is 0 Å². The molecule has 0 N–H and O–H groups in total. The van der Waals surface area contributed by atoms with E-state index in [2.05, 4.69) is 0 Å². The number of rotatable bonds is 2. The summed E-state index contributed by atoms with van der Waals surface area (Å²) in [6.07, 6.45) is 3.29. The Morgan fingerprint density at radius 2 is 2.25 bits per heavy atom. The zero-order valence-electron chi connectivity index (χ0n) is 9.33. The van der Waals surface area contributed by atoms with Crippen molar-refractivity contribution in [3.63, 3.8) is 0 Å². The van der Waals surface area contributed by atoms with Crippen molar-refractivity contribution in [2.75, 3.05) is 5.75 Å². The summed E-state index contributed by atoms with van der Waals surface area (Å²) in [5, 5.41) is 0.0814. The van der Waals surface area contributed by atoms with Crippen LogP contribution >= 0.6 is 11.8 Å². The molecule has 1 aromatic rings. The van der Waals surface area contributed by atoms with E-state index in [1.807, 2.05) is 0 Å². The molecule has 0 saturated carbocycles. The first-order valence-corrected chi connectivity index (χ1v) is 6.65. The van der Waals surface area contributed by atoms with Crippen molar-refractivity contribution in [2.24, 2.45) is 0 Å². The number of Topliss-reactive ketones (excluding diaryl/α,β-unsaturated/α-hetero) is 1. The summed E-state index contributed by atoms with van der Waals surface area (Å²) in [7, 11) is 0. The van der Waals surface area contributed by atoms with Crippen LogP contribution in [0.15, 0.2) is 18.2 Å². The van der Waals surface area contributed by atoms with Crippen LogP contribution in [0.5, 0.6) is 0 Å². The molecule has 0 bridgehead atoms. The van der Waals surface area contributed by atoms with Crippen LogP contribution in [0.1, 0.15) is 35.2 Å². The van der Waals surface area contributed by atoms with Gasteiger partial charge >= 0.3 is 0 Å². The molecule has 1 aliphatic rings. The van der Waals surface area contributed by atoms with E-state index in [0.717, 1.165) is 24.2 Å². The number of hydrogen-bond donors (Lipinski definition) is 0. The Hall–Kier alpha value is -0.830. The SMILES string of the molecule is Cc1cc(F)ccc1C(=O)C1CCCCS1. The number of carbonyl (C=O) groups is 1. The Balaban J connectivity index is 2.19. The lowest BCUT2D eigenvalue weighted by Crippen LogP contribution is -2.21. The molecule has 1 saturated heterocycles. The molecular weight excluding hydrogens is 223 g/mol. The van der Waals surface area contributed by atoms with E-state index < -0.39 is 0 Å². The van der Waals surface area contributed by atoms with E-state index in [9.17, 15) is 9.18 Å². The standard InChI is InChI=1S/C13H15FOS/c1-9-8-10(14)5-6-11(9)13(15)12-4-2-3-7-16-12/h5-6,8,12H,2-4,7H2,1H3. The molecule has 1 nitrogen and oxygen atoms in total. The van der Waals surface area contributed by atoms with Crippen LogP contribution in [0.3, 0.4) is 0 Å². The third-order valence-corrected chi connectivity index (χ3v) is 4.30. The van der Waals surface area contributed by atoms with Gasteiger partial charge in [-0.2, -0.15) is 11.8 Å². The summed E-state index contributed by atoms with van der Waals surface area (Å²) < 4.78 is 12.9. The summed E-state index contributed by atoms with van der Waals surface area (Å²) in [6, 6.07) is 4.41. The molecule has 1 heterocycles. The predicted molar refractivity (Wildman–Crippen MR) is 65.6 cm³/mol. The fraction of sp³-hybridized carbons (Fsp3) is 0.462. The van der Waals surface area contributed by atoms with Gasteiger partial charge in [-0.25, -0.2) is 4.39 Å². The highest BCUT2D eigenvalue weighted by molar-refractivity contribution is 8.00. The highest BCUT2D eigenvalue weighted by Gasteiger charge is 2.23. The lowest BCUT2D eigenvalue weighted by Gasteiger charge is -2.20. The number of halogens is 1. The van der Waals surface area contributed by atoms with Gasteiger partial charge in [-0.1, -0.05) is 6.42 Å². The van der Waals surface area contributed by atoms with Crippen molar-refractivity contribution in [1.82, 2.24) is 0 Å². The maximum absolute atomic E-state index is 12.9. The second kappa shape index (κ2) is 5.00. The van der Waals surface area contributed by atoms with Gasteiger partial charge in [-0.3, -0.25) is 4.79 Å². The molecule has 2 rings (SSSR count). The highest BCUT2D eigenvalue weighted by Crippen LogP contribution is 2.28. The molecule has 0 spiro atoms. The minimum absolute atomic E-state index is 0.0814. The molecule has 1 aromatic carbocycles. The Morgan fingerprint density at radius 3 is 2.88 bits per heavy atom. The molecule has 0 radical (unpaired) electrons. The van der Waals surface area contributed by atoms with Gasteiger partial charge in [-0.15, -0.1) is 0 Å². The van der Waals surface area contributed by atoms with Gasteiger partial charge in [0.05, 0.1) is 5.25 Å². The van der Waals surface area contributed by atoms with Gasteiger partial charge < -0.3 is 0 Å². The number of carbonyl (C=O) groups excluding carboxylic acids is 1. The molecule has 0 aliphatic carbocycles. The number of thioether (sulfide) groups is 1. The number of hydrogen-bond acceptors (Lipinski definition) is 2. The normalized spacial score (nSPS) is 20.8. The van der Waals surface area contributed by atoms with Crippen molar-refractivity contribution in [2.45, 2.75) is 31.4 Å². The molecule has 0 aromatic heterocycles. The van der Waals surface area contributed by atoms with E-state index >= 15 is 0 Å². The topological polar surface area (TPSA) is 17.1 Å². The highest BCUT2D eigenvalue weighted by atomic mass is 32.2. The summed E-state index contributed by atoms with van der Waals surface area (Å²) >= 11 is 1.74. The van der Waals surface area contributed by atoms with Crippen LogP contribution in [0, 0.1) is 12.7 Å². The number of ketones is 1. The Bertz CT molecular complexity index is 397. The van der Waals surface area contributed by atoms with Gasteiger partial charge in [-0.05, 0) is 49.3 Å². The van der Waals surface area contributed by atoms with Crippen LogP contribution in [0.25, 0.3) is 0 Å². The van der Waals surface area contributed by atoms with Gasteiger partial charge in [0, 0.05) is 5.56 Å². The summed E-state index contributed by atoms with van der Waals surface area (Å²) in [4.78, 5) is 12.2. The second-order valence-corrected chi connectivity index (χ2v) is 5.49. The first kappa shape index (κ1) is 11.6. The molecule has 86 valence electrons. The second-order valence-electron chi connectivity index (χ2n) is 4.18. The maximum atomic E-state index is 12.9. The van der Waals surface area contributed by atoms with Crippen molar-refractivity contribution in [3.8, 4) is 0 Å². The average molecular weight is 238 g/mol.